The Balaban J connectivity index is 2.21. The van der Waals surface area contributed by atoms with Crippen LogP contribution in [-0.4, -0.2) is 16.6 Å². The predicted octanol–water partition coefficient (Wildman–Crippen LogP) is 4.52. The first-order valence-corrected chi connectivity index (χ1v) is 8.45. The molecule has 0 fully saturated rings. The Morgan fingerprint density at radius 2 is 1.96 bits per heavy atom. The number of ether oxygens (including phenoxy) is 1. The van der Waals surface area contributed by atoms with Gasteiger partial charge in [0.2, 0.25) is 0 Å². The number of para-hydroxylation sites is 1. The largest absolute Gasteiger partial charge is 0.493 e. The molecule has 0 bridgehead atoms. The van der Waals surface area contributed by atoms with Crippen molar-refractivity contribution in [3.63, 3.8) is 0 Å². The van der Waals surface area contributed by atoms with Crippen LogP contribution in [0, 0.1) is 0 Å². The first-order chi connectivity index (χ1) is 11.1. The summed E-state index contributed by atoms with van der Waals surface area (Å²) in [6, 6.07) is 9.29. The summed E-state index contributed by atoms with van der Waals surface area (Å²) >= 11 is 0. The van der Waals surface area contributed by atoms with Gasteiger partial charge in [-0.15, -0.1) is 0 Å². The molecule has 23 heavy (non-hydrogen) atoms. The number of benzene rings is 1. The highest BCUT2D eigenvalue weighted by Crippen LogP contribution is 2.27. The quantitative estimate of drug-likeness (QED) is 0.729. The Bertz CT molecular complexity index is 677. The third kappa shape index (κ3) is 4.95. The molecule has 0 saturated carbocycles. The topological polar surface area (TPSA) is 55.0 Å². The minimum atomic E-state index is -0.128. The smallest absolute Gasteiger partial charge is 0.251 e. The molecule has 0 saturated heterocycles. The molecule has 0 atom stereocenters. The Morgan fingerprint density at radius 3 is 2.70 bits per heavy atom. The van der Waals surface area contributed by atoms with Crippen molar-refractivity contribution >= 4 is 0 Å². The number of nitrogens with zero attached hydrogens (tertiary/aromatic N) is 1. The Kier molecular flexibility index (Phi) is 6.39. The van der Waals surface area contributed by atoms with Crippen LogP contribution in [0.4, 0.5) is 0 Å². The normalized spacial score (nSPS) is 11.0. The second kappa shape index (κ2) is 8.51. The zero-order chi connectivity index (χ0) is 16.7. The molecule has 0 radical (unpaired) electrons. The summed E-state index contributed by atoms with van der Waals surface area (Å²) in [6.07, 6.45) is 4.66. The van der Waals surface area contributed by atoms with Gasteiger partial charge in [0.15, 0.2) is 0 Å². The van der Waals surface area contributed by atoms with Crippen LogP contribution in [-0.2, 0) is 0 Å². The molecule has 1 heterocycles. The molecule has 0 spiro atoms. The molecule has 0 unspecified atom stereocenters. The first kappa shape index (κ1) is 17.3. The van der Waals surface area contributed by atoms with Crippen molar-refractivity contribution in [3.05, 3.63) is 46.4 Å². The van der Waals surface area contributed by atoms with Crippen molar-refractivity contribution < 1.29 is 4.74 Å². The van der Waals surface area contributed by atoms with Gasteiger partial charge in [0, 0.05) is 6.07 Å². The number of hydrogen-bond donors (Lipinski definition) is 1. The second-order valence-electron chi connectivity index (χ2n) is 6.08. The Hall–Kier alpha value is -2.10. The van der Waals surface area contributed by atoms with Crippen molar-refractivity contribution in [2.45, 2.75) is 52.4 Å². The van der Waals surface area contributed by atoms with E-state index in [0.29, 0.717) is 12.4 Å². The minimum Gasteiger partial charge on any atom is -0.493 e. The third-order valence-corrected chi connectivity index (χ3v) is 3.75. The van der Waals surface area contributed by atoms with Gasteiger partial charge in [0.05, 0.1) is 17.9 Å². The number of hydrogen-bond acceptors (Lipinski definition) is 3. The van der Waals surface area contributed by atoms with Crippen LogP contribution < -0.4 is 10.3 Å². The lowest BCUT2D eigenvalue weighted by Crippen LogP contribution is -2.11. The molecule has 4 nitrogen and oxygen atoms in total. The van der Waals surface area contributed by atoms with Crippen LogP contribution in [0.1, 0.15) is 58.1 Å². The van der Waals surface area contributed by atoms with E-state index in [-0.39, 0.29) is 11.5 Å². The number of H-pyrrole nitrogens is 1. The lowest BCUT2D eigenvalue weighted by atomic mass is 10.1. The summed E-state index contributed by atoms with van der Waals surface area (Å²) in [5, 5.41) is 0. The van der Waals surface area contributed by atoms with Crippen LogP contribution in [0.25, 0.3) is 11.4 Å². The highest BCUT2D eigenvalue weighted by atomic mass is 16.5. The van der Waals surface area contributed by atoms with E-state index < -0.39 is 0 Å². The zero-order valence-corrected chi connectivity index (χ0v) is 14.3. The lowest BCUT2D eigenvalue weighted by Gasteiger charge is -2.12. The van der Waals surface area contributed by atoms with Gasteiger partial charge < -0.3 is 9.72 Å². The summed E-state index contributed by atoms with van der Waals surface area (Å²) in [4.78, 5) is 19.3. The first-order valence-electron chi connectivity index (χ1n) is 8.45. The van der Waals surface area contributed by atoms with Crippen LogP contribution in [0.15, 0.2) is 35.1 Å². The number of aromatic nitrogens is 2. The van der Waals surface area contributed by atoms with E-state index in [1.54, 1.807) is 6.07 Å². The maximum Gasteiger partial charge on any atom is 0.251 e. The number of unbranched alkanes of at least 4 members (excludes halogenated alkanes) is 3. The molecule has 124 valence electrons. The highest BCUT2D eigenvalue weighted by molar-refractivity contribution is 5.63. The maximum atomic E-state index is 11.9. The standard InChI is InChI=1S/C19H26N2O2/c1-4-5-6-9-12-23-17-11-8-7-10-15(17)19-20-16(14(2)3)13-18(22)21-19/h7-8,10-11,13-14H,4-6,9,12H2,1-3H3,(H,20,21,22). The van der Waals surface area contributed by atoms with Gasteiger partial charge in [-0.1, -0.05) is 52.2 Å². The zero-order valence-electron chi connectivity index (χ0n) is 14.3. The average Bonchev–Trinajstić information content (AvgIpc) is 2.54. The molecule has 1 N–H and O–H groups in total. The lowest BCUT2D eigenvalue weighted by molar-refractivity contribution is 0.306. The maximum absolute atomic E-state index is 11.9. The monoisotopic (exact) mass is 314 g/mol. The van der Waals surface area contributed by atoms with Crippen molar-refractivity contribution in [2.24, 2.45) is 0 Å². The SMILES string of the molecule is CCCCCCOc1ccccc1-c1nc(C(C)C)cc(=O)[nH]1. The van der Waals surface area contributed by atoms with Crippen molar-refractivity contribution in [3.8, 4) is 17.1 Å². The second-order valence-corrected chi connectivity index (χ2v) is 6.08. The molecule has 4 heteroatoms. The Morgan fingerprint density at radius 1 is 1.17 bits per heavy atom. The molecule has 1 aromatic carbocycles. The molecule has 0 aliphatic rings. The minimum absolute atomic E-state index is 0.128. The van der Waals surface area contributed by atoms with Crippen LogP contribution in [0.2, 0.25) is 0 Å². The van der Waals surface area contributed by atoms with E-state index >= 15 is 0 Å². The van der Waals surface area contributed by atoms with E-state index in [1.807, 2.05) is 38.1 Å². The van der Waals surface area contributed by atoms with Crippen LogP contribution in [0.5, 0.6) is 5.75 Å². The van der Waals surface area contributed by atoms with Crippen LogP contribution >= 0.6 is 0 Å². The molecule has 0 aliphatic heterocycles. The molecular formula is C19H26N2O2. The van der Waals surface area contributed by atoms with Gasteiger partial charge in [-0.2, -0.15) is 0 Å². The molecular weight excluding hydrogens is 288 g/mol. The van der Waals surface area contributed by atoms with Crippen molar-refractivity contribution in [1.29, 1.82) is 0 Å². The molecule has 0 aliphatic carbocycles. The molecule has 2 aromatic rings. The van der Waals surface area contributed by atoms with Crippen LogP contribution in [0.3, 0.4) is 0 Å². The number of nitrogens with one attached hydrogen (secondary N) is 1. The van der Waals surface area contributed by atoms with E-state index in [4.69, 9.17) is 4.74 Å². The number of aromatic amines is 1. The predicted molar refractivity (Wildman–Crippen MR) is 94.0 cm³/mol. The third-order valence-electron chi connectivity index (χ3n) is 3.75. The van der Waals surface area contributed by atoms with E-state index in [1.165, 1.54) is 19.3 Å². The van der Waals surface area contributed by atoms with E-state index in [2.05, 4.69) is 16.9 Å². The fraction of sp³-hybridized carbons (Fsp3) is 0.474. The van der Waals surface area contributed by atoms with Gasteiger partial charge in [-0.25, -0.2) is 4.98 Å². The van der Waals surface area contributed by atoms with Gasteiger partial charge in [0.1, 0.15) is 11.6 Å². The summed E-state index contributed by atoms with van der Waals surface area (Å²) in [5.74, 6) is 1.55. The van der Waals surface area contributed by atoms with Gasteiger partial charge in [-0.05, 0) is 24.5 Å². The molecule has 0 amide bonds. The average molecular weight is 314 g/mol. The fourth-order valence-corrected chi connectivity index (χ4v) is 2.40. The van der Waals surface area contributed by atoms with Crippen molar-refractivity contribution in [1.82, 2.24) is 9.97 Å². The molecule has 1 aromatic heterocycles. The van der Waals surface area contributed by atoms with Gasteiger partial charge >= 0.3 is 0 Å². The highest BCUT2D eigenvalue weighted by Gasteiger charge is 2.11. The van der Waals surface area contributed by atoms with E-state index in [0.717, 1.165) is 23.4 Å². The van der Waals surface area contributed by atoms with Gasteiger partial charge in [-0.3, -0.25) is 4.79 Å². The van der Waals surface area contributed by atoms with Crippen molar-refractivity contribution in [2.75, 3.05) is 6.61 Å². The Labute approximate surface area is 137 Å². The van der Waals surface area contributed by atoms with Gasteiger partial charge in [0.25, 0.3) is 5.56 Å². The van der Waals surface area contributed by atoms with E-state index in [9.17, 15) is 4.79 Å². The summed E-state index contributed by atoms with van der Waals surface area (Å²) in [7, 11) is 0. The fourth-order valence-electron chi connectivity index (χ4n) is 2.40. The summed E-state index contributed by atoms with van der Waals surface area (Å²) in [5.41, 5.74) is 1.50. The molecule has 2 rings (SSSR count). The summed E-state index contributed by atoms with van der Waals surface area (Å²) < 4.78 is 5.92. The summed E-state index contributed by atoms with van der Waals surface area (Å²) in [6.45, 7) is 6.94. The number of rotatable bonds is 8.